The Morgan fingerprint density at radius 2 is 2.00 bits per heavy atom. The molecule has 0 saturated heterocycles. The molecule has 1 atom stereocenters. The molecule has 3 aromatic rings. The van der Waals surface area contributed by atoms with Crippen molar-refractivity contribution in [1.82, 2.24) is 14.9 Å². The lowest BCUT2D eigenvalue weighted by Gasteiger charge is -2.14. The zero-order chi connectivity index (χ0) is 17.8. The van der Waals surface area contributed by atoms with E-state index in [1.165, 1.54) is 0 Å². The second kappa shape index (κ2) is 7.51. The molecular formula is C21H25N3O. The van der Waals surface area contributed by atoms with Gasteiger partial charge in [-0.3, -0.25) is 4.79 Å². The van der Waals surface area contributed by atoms with Gasteiger partial charge in [-0.1, -0.05) is 50.1 Å². The molecule has 3 rings (SSSR count). The molecule has 0 aliphatic heterocycles. The molecular weight excluding hydrogens is 310 g/mol. The number of para-hydroxylation sites is 2. The Hall–Kier alpha value is -2.62. The second-order valence-electron chi connectivity index (χ2n) is 6.69. The zero-order valence-electron chi connectivity index (χ0n) is 15.1. The second-order valence-corrected chi connectivity index (χ2v) is 6.69. The number of hydrogen-bond donors (Lipinski definition) is 1. The summed E-state index contributed by atoms with van der Waals surface area (Å²) in [6.07, 6.45) is 1.11. The summed E-state index contributed by atoms with van der Waals surface area (Å²) in [7, 11) is 0. The van der Waals surface area contributed by atoms with Gasteiger partial charge in [0.05, 0.1) is 17.6 Å². The zero-order valence-corrected chi connectivity index (χ0v) is 15.1. The standard InChI is InChI=1S/C21H25N3O/c1-4-15(2)14-24-19-11-6-5-10-18(19)23-20(24)13-22-21(25)17-9-7-8-16(3)12-17/h5-12,15H,4,13-14H2,1-3H3,(H,22,25). The number of nitrogens with one attached hydrogen (secondary N) is 1. The van der Waals surface area contributed by atoms with Gasteiger partial charge in [-0.05, 0) is 37.1 Å². The van der Waals surface area contributed by atoms with E-state index < -0.39 is 0 Å². The summed E-state index contributed by atoms with van der Waals surface area (Å²) in [6.45, 7) is 7.76. The van der Waals surface area contributed by atoms with Gasteiger partial charge < -0.3 is 9.88 Å². The van der Waals surface area contributed by atoms with E-state index in [2.05, 4.69) is 29.8 Å². The van der Waals surface area contributed by atoms with Crippen LogP contribution in [0.3, 0.4) is 0 Å². The summed E-state index contributed by atoms with van der Waals surface area (Å²) in [4.78, 5) is 17.2. The van der Waals surface area contributed by atoms with E-state index in [1.54, 1.807) is 0 Å². The van der Waals surface area contributed by atoms with Crippen molar-refractivity contribution in [3.8, 4) is 0 Å². The predicted octanol–water partition coefficient (Wildman–Crippen LogP) is 4.32. The SMILES string of the molecule is CCC(C)Cn1c(CNC(=O)c2cccc(C)c2)nc2ccccc21. The predicted molar refractivity (Wildman–Crippen MR) is 102 cm³/mol. The molecule has 0 aliphatic rings. The maximum absolute atomic E-state index is 12.4. The van der Waals surface area contributed by atoms with Gasteiger partial charge in [0.2, 0.25) is 0 Å². The number of rotatable bonds is 6. The van der Waals surface area contributed by atoms with E-state index in [0.29, 0.717) is 18.0 Å². The van der Waals surface area contributed by atoms with Crippen LogP contribution in [0, 0.1) is 12.8 Å². The average Bonchev–Trinajstić information content (AvgIpc) is 2.97. The molecule has 1 heterocycles. The van der Waals surface area contributed by atoms with Gasteiger partial charge in [-0.15, -0.1) is 0 Å². The lowest BCUT2D eigenvalue weighted by atomic mass is 10.1. The van der Waals surface area contributed by atoms with Crippen molar-refractivity contribution in [3.63, 3.8) is 0 Å². The first-order valence-corrected chi connectivity index (χ1v) is 8.87. The molecule has 2 aromatic carbocycles. The summed E-state index contributed by atoms with van der Waals surface area (Å²) in [5.41, 5.74) is 3.87. The van der Waals surface area contributed by atoms with Gasteiger partial charge in [-0.25, -0.2) is 4.98 Å². The third-order valence-corrected chi connectivity index (χ3v) is 4.61. The van der Waals surface area contributed by atoms with E-state index in [-0.39, 0.29) is 5.91 Å². The van der Waals surface area contributed by atoms with Gasteiger partial charge in [0.1, 0.15) is 5.82 Å². The van der Waals surface area contributed by atoms with Gasteiger partial charge >= 0.3 is 0 Å². The Labute approximate surface area is 148 Å². The van der Waals surface area contributed by atoms with E-state index >= 15 is 0 Å². The molecule has 1 N–H and O–H groups in total. The molecule has 0 radical (unpaired) electrons. The van der Waals surface area contributed by atoms with E-state index in [9.17, 15) is 4.79 Å². The quantitative estimate of drug-likeness (QED) is 0.729. The summed E-state index contributed by atoms with van der Waals surface area (Å²) < 4.78 is 2.24. The molecule has 130 valence electrons. The molecule has 25 heavy (non-hydrogen) atoms. The summed E-state index contributed by atoms with van der Waals surface area (Å²) >= 11 is 0. The monoisotopic (exact) mass is 335 g/mol. The van der Waals surface area contributed by atoms with Gasteiger partial charge in [0.15, 0.2) is 0 Å². The van der Waals surface area contributed by atoms with Gasteiger partial charge in [-0.2, -0.15) is 0 Å². The Morgan fingerprint density at radius 1 is 1.20 bits per heavy atom. The molecule has 0 fully saturated rings. The summed E-state index contributed by atoms with van der Waals surface area (Å²) in [5.74, 6) is 1.40. The van der Waals surface area contributed by atoms with E-state index in [1.807, 2.05) is 49.4 Å². The highest BCUT2D eigenvalue weighted by molar-refractivity contribution is 5.94. The normalized spacial score (nSPS) is 12.3. The third kappa shape index (κ3) is 3.90. The van der Waals surface area contributed by atoms with Crippen LogP contribution in [0.15, 0.2) is 48.5 Å². The van der Waals surface area contributed by atoms with Crippen molar-refractivity contribution in [2.24, 2.45) is 5.92 Å². The number of carbonyl (C=O) groups excluding carboxylic acids is 1. The van der Waals surface area contributed by atoms with Gasteiger partial charge in [0, 0.05) is 12.1 Å². The fourth-order valence-corrected chi connectivity index (χ4v) is 2.95. The van der Waals surface area contributed by atoms with Crippen LogP contribution in [0.5, 0.6) is 0 Å². The van der Waals surface area contributed by atoms with Crippen molar-refractivity contribution in [2.45, 2.75) is 40.3 Å². The Balaban J connectivity index is 1.83. The van der Waals surface area contributed by atoms with Crippen LogP contribution in [0.2, 0.25) is 0 Å². The van der Waals surface area contributed by atoms with Crippen LogP contribution in [0.1, 0.15) is 42.0 Å². The van der Waals surface area contributed by atoms with Gasteiger partial charge in [0.25, 0.3) is 5.91 Å². The molecule has 0 saturated carbocycles. The van der Waals surface area contributed by atoms with Crippen molar-refractivity contribution >= 4 is 16.9 Å². The Kier molecular flexibility index (Phi) is 5.17. The highest BCUT2D eigenvalue weighted by atomic mass is 16.1. The van der Waals surface area contributed by atoms with Crippen LogP contribution in [0.25, 0.3) is 11.0 Å². The highest BCUT2D eigenvalue weighted by Crippen LogP contribution is 2.19. The Bertz CT molecular complexity index is 882. The Morgan fingerprint density at radius 3 is 2.76 bits per heavy atom. The minimum Gasteiger partial charge on any atom is -0.345 e. The smallest absolute Gasteiger partial charge is 0.251 e. The average molecular weight is 335 g/mol. The van der Waals surface area contributed by atoms with Crippen LogP contribution in [-0.4, -0.2) is 15.5 Å². The van der Waals surface area contributed by atoms with E-state index in [4.69, 9.17) is 4.98 Å². The van der Waals surface area contributed by atoms with Crippen molar-refractivity contribution in [2.75, 3.05) is 0 Å². The molecule has 0 aliphatic carbocycles. The van der Waals surface area contributed by atoms with Crippen LogP contribution >= 0.6 is 0 Å². The minimum absolute atomic E-state index is 0.0640. The molecule has 0 bridgehead atoms. The third-order valence-electron chi connectivity index (χ3n) is 4.61. The number of benzene rings is 2. The number of imidazole rings is 1. The maximum Gasteiger partial charge on any atom is 0.251 e. The highest BCUT2D eigenvalue weighted by Gasteiger charge is 2.14. The number of carbonyl (C=O) groups is 1. The van der Waals surface area contributed by atoms with Crippen molar-refractivity contribution in [3.05, 3.63) is 65.5 Å². The first-order chi connectivity index (χ1) is 12.1. The molecule has 4 heteroatoms. The van der Waals surface area contributed by atoms with Crippen LogP contribution in [0.4, 0.5) is 0 Å². The fraction of sp³-hybridized carbons (Fsp3) is 0.333. The number of aryl methyl sites for hydroxylation is 1. The van der Waals surface area contributed by atoms with Crippen molar-refractivity contribution < 1.29 is 4.79 Å². The minimum atomic E-state index is -0.0640. The summed E-state index contributed by atoms with van der Waals surface area (Å²) in [6, 6.07) is 15.8. The number of aromatic nitrogens is 2. The van der Waals surface area contributed by atoms with E-state index in [0.717, 1.165) is 35.4 Å². The molecule has 4 nitrogen and oxygen atoms in total. The number of nitrogens with zero attached hydrogens (tertiary/aromatic N) is 2. The lowest BCUT2D eigenvalue weighted by molar-refractivity contribution is 0.0949. The molecule has 1 aromatic heterocycles. The molecule has 0 spiro atoms. The number of fused-ring (bicyclic) bond motifs is 1. The van der Waals surface area contributed by atoms with Crippen LogP contribution in [-0.2, 0) is 13.1 Å². The fourth-order valence-electron chi connectivity index (χ4n) is 2.95. The first-order valence-electron chi connectivity index (χ1n) is 8.87. The largest absolute Gasteiger partial charge is 0.345 e. The molecule has 1 unspecified atom stereocenters. The summed E-state index contributed by atoms with van der Waals surface area (Å²) in [5, 5.41) is 3.01. The van der Waals surface area contributed by atoms with Crippen LogP contribution < -0.4 is 5.32 Å². The topological polar surface area (TPSA) is 46.9 Å². The number of hydrogen-bond acceptors (Lipinski definition) is 2. The lowest BCUT2D eigenvalue weighted by Crippen LogP contribution is -2.25. The maximum atomic E-state index is 12.4. The van der Waals surface area contributed by atoms with Crippen molar-refractivity contribution in [1.29, 1.82) is 0 Å². The number of amides is 1. The first kappa shape index (κ1) is 17.2. The molecule has 1 amide bonds.